The SMILES string of the molecule is Cc1ccc(C=Nc2ccco2)c(N)n1. The summed E-state index contributed by atoms with van der Waals surface area (Å²) in [5, 5.41) is 0. The maximum absolute atomic E-state index is 5.73. The predicted octanol–water partition coefficient (Wildman–Crippen LogP) is 2.32. The highest BCUT2D eigenvalue weighted by Crippen LogP contribution is 2.13. The summed E-state index contributed by atoms with van der Waals surface area (Å²) in [5.41, 5.74) is 7.41. The van der Waals surface area contributed by atoms with Crippen molar-refractivity contribution in [3.8, 4) is 0 Å². The molecule has 0 radical (unpaired) electrons. The van der Waals surface area contributed by atoms with Crippen molar-refractivity contribution < 1.29 is 4.42 Å². The Morgan fingerprint density at radius 3 is 2.93 bits per heavy atom. The van der Waals surface area contributed by atoms with Crippen LogP contribution in [0.5, 0.6) is 0 Å². The molecule has 0 aliphatic heterocycles. The van der Waals surface area contributed by atoms with E-state index in [2.05, 4.69) is 9.98 Å². The highest BCUT2D eigenvalue weighted by atomic mass is 16.3. The fourth-order valence-electron chi connectivity index (χ4n) is 1.17. The number of hydrogen-bond acceptors (Lipinski definition) is 4. The highest BCUT2D eigenvalue weighted by Gasteiger charge is 1.97. The van der Waals surface area contributed by atoms with Crippen molar-refractivity contribution in [2.75, 3.05) is 5.73 Å². The number of nitrogens with two attached hydrogens (primary N) is 1. The molecule has 2 heterocycles. The zero-order chi connectivity index (χ0) is 10.7. The maximum atomic E-state index is 5.73. The highest BCUT2D eigenvalue weighted by molar-refractivity contribution is 5.86. The van der Waals surface area contributed by atoms with Gasteiger partial charge >= 0.3 is 0 Å². The van der Waals surface area contributed by atoms with Gasteiger partial charge in [0.15, 0.2) is 0 Å². The Kier molecular flexibility index (Phi) is 2.49. The summed E-state index contributed by atoms with van der Waals surface area (Å²) < 4.78 is 5.06. The van der Waals surface area contributed by atoms with Gasteiger partial charge in [0, 0.05) is 23.5 Å². The molecule has 0 bridgehead atoms. The molecule has 4 nitrogen and oxygen atoms in total. The van der Waals surface area contributed by atoms with E-state index in [1.165, 1.54) is 0 Å². The number of hydrogen-bond donors (Lipinski definition) is 1. The topological polar surface area (TPSA) is 64.4 Å². The third-order valence-electron chi connectivity index (χ3n) is 1.93. The summed E-state index contributed by atoms with van der Waals surface area (Å²) >= 11 is 0. The zero-order valence-electron chi connectivity index (χ0n) is 8.34. The fraction of sp³-hybridized carbons (Fsp3) is 0.0909. The van der Waals surface area contributed by atoms with Crippen molar-refractivity contribution in [2.45, 2.75) is 6.92 Å². The molecule has 0 aliphatic rings. The molecular formula is C11H11N3O. The molecule has 0 atom stereocenters. The molecule has 4 heteroatoms. The van der Waals surface area contributed by atoms with E-state index in [4.69, 9.17) is 10.2 Å². The molecular weight excluding hydrogens is 190 g/mol. The summed E-state index contributed by atoms with van der Waals surface area (Å²) in [5.74, 6) is 1.03. The average molecular weight is 201 g/mol. The van der Waals surface area contributed by atoms with Gasteiger partial charge in [-0.25, -0.2) is 9.98 Å². The molecule has 2 N–H and O–H groups in total. The molecule has 0 amide bonds. The van der Waals surface area contributed by atoms with Crippen molar-refractivity contribution in [3.63, 3.8) is 0 Å². The first kappa shape index (κ1) is 9.45. The molecule has 0 fully saturated rings. The minimum atomic E-state index is 0.477. The number of aromatic nitrogens is 1. The Balaban J connectivity index is 2.24. The summed E-state index contributed by atoms with van der Waals surface area (Å²) in [6, 6.07) is 7.32. The number of rotatable bonds is 2. The van der Waals surface area contributed by atoms with Crippen LogP contribution in [0.4, 0.5) is 11.7 Å². The van der Waals surface area contributed by atoms with E-state index >= 15 is 0 Å². The normalized spacial score (nSPS) is 11.0. The summed E-state index contributed by atoms with van der Waals surface area (Å²) in [6.45, 7) is 1.89. The third-order valence-corrected chi connectivity index (χ3v) is 1.93. The number of furan rings is 1. The molecule has 0 saturated carbocycles. The van der Waals surface area contributed by atoms with Gasteiger partial charge in [0.05, 0.1) is 6.26 Å². The van der Waals surface area contributed by atoms with Crippen LogP contribution >= 0.6 is 0 Å². The maximum Gasteiger partial charge on any atom is 0.218 e. The monoisotopic (exact) mass is 201 g/mol. The smallest absolute Gasteiger partial charge is 0.218 e. The lowest BCUT2D eigenvalue weighted by molar-refractivity contribution is 0.578. The van der Waals surface area contributed by atoms with E-state index in [1.807, 2.05) is 19.1 Å². The zero-order valence-corrected chi connectivity index (χ0v) is 8.34. The molecule has 0 unspecified atom stereocenters. The van der Waals surface area contributed by atoms with Gasteiger partial charge in [-0.3, -0.25) is 0 Å². The minimum Gasteiger partial charge on any atom is -0.447 e. The third kappa shape index (κ3) is 2.22. The molecule has 0 aromatic carbocycles. The van der Waals surface area contributed by atoms with Crippen LogP contribution in [0, 0.1) is 6.92 Å². The summed E-state index contributed by atoms with van der Waals surface area (Å²) in [7, 11) is 0. The second-order valence-corrected chi connectivity index (χ2v) is 3.14. The van der Waals surface area contributed by atoms with Crippen LogP contribution in [0.15, 0.2) is 39.9 Å². The van der Waals surface area contributed by atoms with E-state index < -0.39 is 0 Å². The number of aliphatic imine (C=N–C) groups is 1. The molecule has 76 valence electrons. The van der Waals surface area contributed by atoms with Gasteiger partial charge in [-0.05, 0) is 25.1 Å². The Morgan fingerprint density at radius 2 is 2.27 bits per heavy atom. The fourth-order valence-corrected chi connectivity index (χ4v) is 1.17. The number of aryl methyl sites for hydroxylation is 1. The molecule has 15 heavy (non-hydrogen) atoms. The number of nitrogen functional groups attached to an aromatic ring is 1. The second-order valence-electron chi connectivity index (χ2n) is 3.14. The van der Waals surface area contributed by atoms with Crippen molar-refractivity contribution in [2.24, 2.45) is 4.99 Å². The van der Waals surface area contributed by atoms with Crippen LogP contribution in [0.1, 0.15) is 11.3 Å². The lowest BCUT2D eigenvalue weighted by Crippen LogP contribution is -1.97. The van der Waals surface area contributed by atoms with E-state index in [-0.39, 0.29) is 0 Å². The quantitative estimate of drug-likeness (QED) is 0.758. The van der Waals surface area contributed by atoms with Gasteiger partial charge in [-0.15, -0.1) is 0 Å². The first-order valence-corrected chi connectivity index (χ1v) is 4.56. The Morgan fingerprint density at radius 1 is 1.40 bits per heavy atom. The van der Waals surface area contributed by atoms with E-state index in [0.717, 1.165) is 11.3 Å². The minimum absolute atomic E-state index is 0.477. The van der Waals surface area contributed by atoms with Crippen LogP contribution in [0.3, 0.4) is 0 Å². The van der Waals surface area contributed by atoms with Crippen molar-refractivity contribution >= 4 is 17.9 Å². The molecule has 0 saturated heterocycles. The van der Waals surface area contributed by atoms with E-state index in [1.54, 1.807) is 24.6 Å². The van der Waals surface area contributed by atoms with Gasteiger partial charge in [0.1, 0.15) is 5.82 Å². The molecule has 0 aliphatic carbocycles. The van der Waals surface area contributed by atoms with Gasteiger partial charge in [-0.2, -0.15) is 0 Å². The lowest BCUT2D eigenvalue weighted by Gasteiger charge is -1.98. The van der Waals surface area contributed by atoms with Crippen LogP contribution in [0.25, 0.3) is 0 Å². The van der Waals surface area contributed by atoms with Crippen LogP contribution in [-0.4, -0.2) is 11.2 Å². The predicted molar refractivity (Wildman–Crippen MR) is 59.3 cm³/mol. The largest absolute Gasteiger partial charge is 0.447 e. The summed E-state index contributed by atoms with van der Waals surface area (Å²) in [4.78, 5) is 8.24. The van der Waals surface area contributed by atoms with Crippen molar-refractivity contribution in [1.82, 2.24) is 4.98 Å². The molecule has 0 spiro atoms. The van der Waals surface area contributed by atoms with E-state index in [0.29, 0.717) is 11.7 Å². The van der Waals surface area contributed by atoms with Gasteiger partial charge in [0.25, 0.3) is 0 Å². The van der Waals surface area contributed by atoms with Crippen molar-refractivity contribution in [1.29, 1.82) is 0 Å². The van der Waals surface area contributed by atoms with E-state index in [9.17, 15) is 0 Å². The number of pyridine rings is 1. The van der Waals surface area contributed by atoms with Crippen molar-refractivity contribution in [3.05, 3.63) is 41.8 Å². The number of nitrogens with zero attached hydrogens (tertiary/aromatic N) is 2. The van der Waals surface area contributed by atoms with Crippen LogP contribution in [0.2, 0.25) is 0 Å². The number of anilines is 1. The summed E-state index contributed by atoms with van der Waals surface area (Å²) in [6.07, 6.45) is 3.21. The molecule has 2 aromatic heterocycles. The molecule has 2 aromatic rings. The molecule has 2 rings (SSSR count). The standard InChI is InChI=1S/C11H11N3O/c1-8-4-5-9(11(12)14-8)7-13-10-3-2-6-15-10/h2-7H,1H3,(H2,12,14). The second kappa shape index (κ2) is 3.96. The Bertz CT molecular complexity index is 475. The van der Waals surface area contributed by atoms with Crippen LogP contribution in [-0.2, 0) is 0 Å². The first-order valence-electron chi connectivity index (χ1n) is 4.56. The first-order chi connectivity index (χ1) is 7.25. The van der Waals surface area contributed by atoms with Gasteiger partial charge < -0.3 is 10.2 Å². The Labute approximate surface area is 87.5 Å². The lowest BCUT2D eigenvalue weighted by atomic mass is 10.2. The van der Waals surface area contributed by atoms with Gasteiger partial charge in [0.2, 0.25) is 5.88 Å². The van der Waals surface area contributed by atoms with Crippen LogP contribution < -0.4 is 5.73 Å². The van der Waals surface area contributed by atoms with Gasteiger partial charge in [-0.1, -0.05) is 0 Å². The Hall–Kier alpha value is -2.10. The average Bonchev–Trinajstić information content (AvgIpc) is 2.69.